The number of likely N-dealkylation sites (N-methyl/N-ethyl adjacent to an activating group) is 1. The largest absolute Gasteiger partial charge is 0.406 e. The zero-order valence-corrected chi connectivity index (χ0v) is 14.4. The van der Waals surface area contributed by atoms with Crippen molar-refractivity contribution >= 4 is 5.78 Å². The molecule has 1 heterocycles. The molecule has 0 saturated heterocycles. The first-order valence-corrected chi connectivity index (χ1v) is 8.21. The first-order valence-electron chi connectivity index (χ1n) is 8.21. The highest BCUT2D eigenvalue weighted by atomic mass is 19.4. The van der Waals surface area contributed by atoms with Crippen LogP contribution in [0.2, 0.25) is 0 Å². The fourth-order valence-corrected chi connectivity index (χ4v) is 3.53. The van der Waals surface area contributed by atoms with Gasteiger partial charge in [0, 0.05) is 23.5 Å². The number of hydrogen-bond donors (Lipinski definition) is 1. The van der Waals surface area contributed by atoms with E-state index in [4.69, 9.17) is 0 Å². The highest BCUT2D eigenvalue weighted by Crippen LogP contribution is 2.26. The summed E-state index contributed by atoms with van der Waals surface area (Å²) in [6.07, 6.45) is -1.90. The van der Waals surface area contributed by atoms with Gasteiger partial charge in [-0.2, -0.15) is 13.2 Å². The summed E-state index contributed by atoms with van der Waals surface area (Å²) in [5, 5.41) is 9.86. The maximum absolute atomic E-state index is 12.6. The van der Waals surface area contributed by atoms with Crippen LogP contribution in [0.1, 0.15) is 41.0 Å². The Hall–Kier alpha value is -1.34. The molecule has 0 amide bonds. The molecule has 1 saturated carbocycles. The number of ketones is 1. The summed E-state index contributed by atoms with van der Waals surface area (Å²) in [5.41, 5.74) is 1.13. The number of aliphatic hydroxyl groups excluding tert-OH is 1. The third kappa shape index (κ3) is 4.60. The van der Waals surface area contributed by atoms with Crippen molar-refractivity contribution in [2.24, 2.45) is 5.92 Å². The molecular weight excluding hydrogens is 321 g/mol. The molecule has 1 aliphatic rings. The van der Waals surface area contributed by atoms with Crippen LogP contribution in [0, 0.1) is 19.8 Å². The molecule has 1 fully saturated rings. The van der Waals surface area contributed by atoms with E-state index in [1.165, 1.54) is 6.07 Å². The second kappa shape index (κ2) is 7.27. The van der Waals surface area contributed by atoms with E-state index < -0.39 is 12.7 Å². The van der Waals surface area contributed by atoms with E-state index in [0.29, 0.717) is 23.5 Å². The third-order valence-electron chi connectivity index (χ3n) is 4.79. The molecule has 0 spiro atoms. The lowest BCUT2D eigenvalue weighted by Crippen LogP contribution is -2.33. The minimum absolute atomic E-state index is 0.138. The molecule has 2 unspecified atom stereocenters. The van der Waals surface area contributed by atoms with Gasteiger partial charge >= 0.3 is 6.18 Å². The number of halogens is 3. The zero-order chi connectivity index (χ0) is 18.1. The Kier molecular flexibility index (Phi) is 5.75. The molecule has 4 nitrogen and oxygen atoms in total. The molecule has 0 aliphatic heterocycles. The van der Waals surface area contributed by atoms with Gasteiger partial charge in [-0.1, -0.05) is 6.42 Å². The lowest BCUT2D eigenvalue weighted by molar-refractivity contribution is -0.141. The fourth-order valence-electron chi connectivity index (χ4n) is 3.53. The minimum atomic E-state index is -4.32. The van der Waals surface area contributed by atoms with Crippen molar-refractivity contribution in [3.05, 3.63) is 23.0 Å². The van der Waals surface area contributed by atoms with Gasteiger partial charge in [0.25, 0.3) is 0 Å². The molecule has 1 N–H and O–H groups in total. The number of alkyl halides is 3. The Bertz CT molecular complexity index is 595. The van der Waals surface area contributed by atoms with Gasteiger partial charge in [-0.05, 0) is 45.7 Å². The van der Waals surface area contributed by atoms with E-state index in [1.807, 2.05) is 4.90 Å². The lowest BCUT2D eigenvalue weighted by Gasteiger charge is -2.22. The highest BCUT2D eigenvalue weighted by Gasteiger charge is 2.31. The molecule has 0 bridgehead atoms. The molecule has 1 aromatic heterocycles. The summed E-state index contributed by atoms with van der Waals surface area (Å²) in [4.78, 5) is 14.3. The molecule has 1 aliphatic carbocycles. The van der Waals surface area contributed by atoms with Gasteiger partial charge in [-0.3, -0.25) is 9.69 Å². The SMILES string of the molecule is Cc1cc(C(=O)CN(C)CC2CCCC2O)c(C)n1CC(F)(F)F. The van der Waals surface area contributed by atoms with E-state index in [0.717, 1.165) is 23.8 Å². The second-order valence-corrected chi connectivity index (χ2v) is 6.86. The lowest BCUT2D eigenvalue weighted by atomic mass is 10.1. The number of aryl methyl sites for hydroxylation is 1. The molecule has 2 rings (SSSR count). The van der Waals surface area contributed by atoms with Crippen LogP contribution in [0.25, 0.3) is 0 Å². The summed E-state index contributed by atoms with van der Waals surface area (Å²) in [7, 11) is 1.80. The predicted molar refractivity (Wildman–Crippen MR) is 85.1 cm³/mol. The van der Waals surface area contributed by atoms with E-state index in [2.05, 4.69) is 0 Å². The van der Waals surface area contributed by atoms with Crippen molar-refractivity contribution in [2.75, 3.05) is 20.1 Å². The number of carbonyl (C=O) groups excluding carboxylic acids is 1. The number of Topliss-reactive ketones (excluding diaryl/α,β-unsaturated/α-hetero) is 1. The minimum Gasteiger partial charge on any atom is -0.393 e. The predicted octanol–water partition coefficient (Wildman–Crippen LogP) is 2.94. The number of aromatic nitrogens is 1. The maximum atomic E-state index is 12.6. The van der Waals surface area contributed by atoms with Crippen LogP contribution >= 0.6 is 0 Å². The summed E-state index contributed by atoms with van der Waals surface area (Å²) in [6, 6.07) is 1.53. The number of rotatable bonds is 6. The Morgan fingerprint density at radius 3 is 2.58 bits per heavy atom. The van der Waals surface area contributed by atoms with E-state index in [9.17, 15) is 23.1 Å². The number of nitrogens with zero attached hydrogens (tertiary/aromatic N) is 2. The topological polar surface area (TPSA) is 45.5 Å². The van der Waals surface area contributed by atoms with Gasteiger partial charge in [0.1, 0.15) is 6.54 Å². The standard InChI is InChI=1S/C17H25F3N2O2/c1-11-7-14(12(2)22(11)10-17(18,19)20)16(24)9-21(3)8-13-5-4-6-15(13)23/h7,13,15,23H,4-6,8-10H2,1-3H3. The van der Waals surface area contributed by atoms with Gasteiger partial charge in [-0.25, -0.2) is 0 Å². The first kappa shape index (κ1) is 19.0. The molecular formula is C17H25F3N2O2. The van der Waals surface area contributed by atoms with Gasteiger partial charge < -0.3 is 9.67 Å². The normalized spacial score (nSPS) is 21.7. The fraction of sp³-hybridized carbons (Fsp3) is 0.706. The third-order valence-corrected chi connectivity index (χ3v) is 4.79. The maximum Gasteiger partial charge on any atom is 0.406 e. The van der Waals surface area contributed by atoms with Crippen LogP contribution in [0.4, 0.5) is 13.2 Å². The summed E-state index contributed by atoms with van der Waals surface area (Å²) < 4.78 is 39.1. The van der Waals surface area contributed by atoms with Crippen molar-refractivity contribution in [1.29, 1.82) is 0 Å². The van der Waals surface area contributed by atoms with E-state index in [-0.39, 0.29) is 24.3 Å². The Morgan fingerprint density at radius 2 is 2.04 bits per heavy atom. The second-order valence-electron chi connectivity index (χ2n) is 6.86. The van der Waals surface area contributed by atoms with Crippen LogP contribution in [0.15, 0.2) is 6.07 Å². The molecule has 136 valence electrons. The Balaban J connectivity index is 2.03. The van der Waals surface area contributed by atoms with Gasteiger partial charge in [0.2, 0.25) is 0 Å². The van der Waals surface area contributed by atoms with Crippen molar-refractivity contribution in [3.8, 4) is 0 Å². The number of aliphatic hydroxyl groups is 1. The average molecular weight is 346 g/mol. The van der Waals surface area contributed by atoms with E-state index in [1.54, 1.807) is 20.9 Å². The summed E-state index contributed by atoms with van der Waals surface area (Å²) in [6.45, 7) is 2.80. The van der Waals surface area contributed by atoms with E-state index >= 15 is 0 Å². The van der Waals surface area contributed by atoms with Crippen molar-refractivity contribution in [2.45, 2.75) is 51.9 Å². The molecule has 0 aromatic carbocycles. The quantitative estimate of drug-likeness (QED) is 0.806. The summed E-state index contributed by atoms with van der Waals surface area (Å²) >= 11 is 0. The Labute approximate surface area is 140 Å². The summed E-state index contributed by atoms with van der Waals surface area (Å²) in [5.74, 6) is -0.0213. The highest BCUT2D eigenvalue weighted by molar-refractivity contribution is 5.99. The molecule has 7 heteroatoms. The molecule has 0 radical (unpaired) electrons. The smallest absolute Gasteiger partial charge is 0.393 e. The van der Waals surface area contributed by atoms with Crippen LogP contribution in [0.5, 0.6) is 0 Å². The van der Waals surface area contributed by atoms with Crippen molar-refractivity contribution in [1.82, 2.24) is 9.47 Å². The molecule has 1 aromatic rings. The van der Waals surface area contributed by atoms with Crippen molar-refractivity contribution in [3.63, 3.8) is 0 Å². The van der Waals surface area contributed by atoms with Gasteiger partial charge in [0.05, 0.1) is 12.6 Å². The number of hydrogen-bond acceptors (Lipinski definition) is 3. The first-order chi connectivity index (χ1) is 11.1. The molecule has 24 heavy (non-hydrogen) atoms. The van der Waals surface area contributed by atoms with Gasteiger partial charge in [-0.15, -0.1) is 0 Å². The van der Waals surface area contributed by atoms with Crippen LogP contribution < -0.4 is 0 Å². The van der Waals surface area contributed by atoms with Gasteiger partial charge in [0.15, 0.2) is 5.78 Å². The zero-order valence-electron chi connectivity index (χ0n) is 14.4. The monoisotopic (exact) mass is 346 g/mol. The number of carbonyl (C=O) groups is 1. The Morgan fingerprint density at radius 1 is 1.38 bits per heavy atom. The van der Waals surface area contributed by atoms with Crippen molar-refractivity contribution < 1.29 is 23.1 Å². The molecule has 2 atom stereocenters. The van der Waals surface area contributed by atoms with Crippen LogP contribution in [-0.2, 0) is 6.54 Å². The van der Waals surface area contributed by atoms with Crippen LogP contribution in [0.3, 0.4) is 0 Å². The average Bonchev–Trinajstić information content (AvgIpc) is 2.96. The van der Waals surface area contributed by atoms with Crippen LogP contribution in [-0.4, -0.2) is 52.8 Å².